The van der Waals surface area contributed by atoms with E-state index in [2.05, 4.69) is 15.5 Å². The number of Topliss-reactive ketones (excluding diaryl/α,β-unsaturated/α-hetero) is 1. The number of hydrogen-bond acceptors (Lipinski definition) is 5. The van der Waals surface area contributed by atoms with E-state index >= 15 is 0 Å². The highest BCUT2D eigenvalue weighted by molar-refractivity contribution is 7.59. The van der Waals surface area contributed by atoms with Crippen molar-refractivity contribution in [1.29, 1.82) is 0 Å². The summed E-state index contributed by atoms with van der Waals surface area (Å²) in [6.45, 7) is 1.81. The highest BCUT2D eigenvalue weighted by Gasteiger charge is 2.60. The molecule has 0 radical (unpaired) electrons. The fraction of sp³-hybridized carbons (Fsp3) is 0.500. The highest BCUT2D eigenvalue weighted by atomic mass is 32.1. The zero-order valence-electron chi connectivity index (χ0n) is 19.1. The number of carbonyl (C=O) groups excluding carboxylic acids is 3. The summed E-state index contributed by atoms with van der Waals surface area (Å²) in [7, 11) is 0. The number of likely N-dealkylation sites (tertiary alicyclic amines) is 1. The van der Waals surface area contributed by atoms with Crippen LogP contribution in [0.25, 0.3) is 0 Å². The van der Waals surface area contributed by atoms with Gasteiger partial charge in [0.2, 0.25) is 0 Å². The molecule has 2 atom stereocenters. The molecule has 0 spiro atoms. The first-order valence-corrected chi connectivity index (χ1v) is 10.6. The van der Waals surface area contributed by atoms with Crippen LogP contribution < -0.4 is 5.32 Å². The molecule has 2 heterocycles. The number of rotatable bonds is 5. The molecule has 4 rings (SSSR count). The summed E-state index contributed by atoms with van der Waals surface area (Å²) in [5.74, 6) is -11.1. The van der Waals surface area contributed by atoms with Gasteiger partial charge in [-0.2, -0.15) is 37.2 Å². The molecule has 2 fully saturated rings. The first-order valence-electron chi connectivity index (χ1n) is 10.6. The third-order valence-corrected chi connectivity index (χ3v) is 6.44. The van der Waals surface area contributed by atoms with Crippen molar-refractivity contribution in [3.8, 4) is 0 Å². The lowest BCUT2D eigenvalue weighted by Gasteiger charge is -2.47. The van der Waals surface area contributed by atoms with Gasteiger partial charge in [0.15, 0.2) is 17.5 Å². The van der Waals surface area contributed by atoms with Crippen molar-refractivity contribution in [2.24, 2.45) is 22.1 Å². The Morgan fingerprint density at radius 1 is 1.08 bits per heavy atom. The minimum atomic E-state index is -3.01. The number of halogens is 5. The maximum Gasteiger partial charge on any atom is 0.311 e. The van der Waals surface area contributed by atoms with Gasteiger partial charge in [-0.3, -0.25) is 14.4 Å². The Kier molecular flexibility index (Phi) is 8.98. The van der Waals surface area contributed by atoms with E-state index in [4.69, 9.17) is 0 Å². The Morgan fingerprint density at radius 2 is 1.69 bits per heavy atom. The van der Waals surface area contributed by atoms with Gasteiger partial charge in [-0.05, 0) is 29.7 Å². The fourth-order valence-electron chi connectivity index (χ4n) is 4.75. The summed E-state index contributed by atoms with van der Waals surface area (Å²) in [6, 6.07) is 1.46. The second-order valence-electron chi connectivity index (χ2n) is 9.07. The number of hydrogen-bond donors (Lipinski definition) is 1. The molecule has 2 aliphatic heterocycles. The zero-order valence-corrected chi connectivity index (χ0v) is 21.1. The van der Waals surface area contributed by atoms with Crippen molar-refractivity contribution >= 4 is 44.6 Å². The van der Waals surface area contributed by atoms with Gasteiger partial charge in [-0.25, -0.2) is 22.0 Å². The Balaban J connectivity index is 0.00000228. The molecular weight excluding hydrogens is 527 g/mol. The topological polar surface area (TPSA) is 91.2 Å². The summed E-state index contributed by atoms with van der Waals surface area (Å²) in [4.78, 5) is 39.2. The molecule has 0 aromatic heterocycles. The molecule has 198 valence electrons. The molecule has 14 heteroatoms. The largest absolute Gasteiger partial charge is 0.336 e. The number of benzene rings is 1. The number of ketones is 1. The quantitative estimate of drug-likeness (QED) is 0.346. The van der Waals surface area contributed by atoms with E-state index in [1.54, 1.807) is 6.92 Å². The smallest absolute Gasteiger partial charge is 0.311 e. The Labute approximate surface area is 217 Å². The van der Waals surface area contributed by atoms with Crippen LogP contribution in [-0.4, -0.2) is 53.6 Å². The van der Waals surface area contributed by atoms with Gasteiger partial charge in [0.1, 0.15) is 5.78 Å². The predicted molar refractivity (Wildman–Crippen MR) is 128 cm³/mol. The van der Waals surface area contributed by atoms with Gasteiger partial charge in [-0.1, -0.05) is 6.92 Å². The number of alkyl halides is 2. The summed E-state index contributed by atoms with van der Waals surface area (Å²) in [5, 5.41) is 9.90. The zero-order chi connectivity index (χ0) is 24.8. The summed E-state index contributed by atoms with van der Waals surface area (Å²) in [6.07, 6.45) is -0.277. The second kappa shape index (κ2) is 10.9. The van der Waals surface area contributed by atoms with Crippen LogP contribution in [0.4, 0.5) is 22.0 Å². The number of carbonyl (C=O) groups is 3. The lowest BCUT2D eigenvalue weighted by atomic mass is 9.71. The molecular formula is C22H25F5N4O3S2. The molecule has 2 amide bonds. The first-order chi connectivity index (χ1) is 15.9. The molecule has 7 nitrogen and oxygen atoms in total. The van der Waals surface area contributed by atoms with Crippen LogP contribution >= 0.6 is 27.0 Å². The number of amides is 2. The van der Waals surface area contributed by atoms with Crippen molar-refractivity contribution in [2.75, 3.05) is 19.6 Å². The average Bonchev–Trinajstić information content (AvgIpc) is 3.40. The number of nitrogens with zero attached hydrogens (tertiary/aromatic N) is 3. The summed E-state index contributed by atoms with van der Waals surface area (Å²) >= 11 is 0. The highest BCUT2D eigenvalue weighted by Crippen LogP contribution is 2.50. The van der Waals surface area contributed by atoms with Crippen molar-refractivity contribution in [3.63, 3.8) is 0 Å². The molecule has 0 unspecified atom stereocenters. The predicted octanol–water partition coefficient (Wildman–Crippen LogP) is 3.17. The van der Waals surface area contributed by atoms with Crippen molar-refractivity contribution in [3.05, 3.63) is 46.9 Å². The Hall–Kier alpha value is -2.48. The third kappa shape index (κ3) is 5.74. The van der Waals surface area contributed by atoms with Crippen LogP contribution in [0, 0.1) is 29.3 Å². The normalized spacial score (nSPS) is 23.2. The minimum Gasteiger partial charge on any atom is -0.336 e. The van der Waals surface area contributed by atoms with Gasteiger partial charge in [0.25, 0.3) is 5.92 Å². The van der Waals surface area contributed by atoms with E-state index in [0.29, 0.717) is 0 Å². The van der Waals surface area contributed by atoms with Crippen LogP contribution in [0.2, 0.25) is 0 Å². The third-order valence-electron chi connectivity index (χ3n) is 6.44. The van der Waals surface area contributed by atoms with Crippen LogP contribution in [0.1, 0.15) is 25.3 Å². The van der Waals surface area contributed by atoms with Crippen LogP contribution in [0.3, 0.4) is 0 Å². The molecule has 1 saturated heterocycles. The van der Waals surface area contributed by atoms with Crippen LogP contribution in [-0.2, 0) is 20.8 Å². The molecule has 1 aromatic rings. The van der Waals surface area contributed by atoms with Gasteiger partial charge in [0.05, 0.1) is 17.8 Å². The number of nitrogens with one attached hydrogen (secondary N) is 1. The second-order valence-corrected chi connectivity index (χ2v) is 9.07. The number of azo groups is 1. The lowest BCUT2D eigenvalue weighted by molar-refractivity contribution is -0.153. The van der Waals surface area contributed by atoms with Crippen molar-refractivity contribution in [1.82, 2.24) is 10.2 Å². The van der Waals surface area contributed by atoms with E-state index in [0.717, 1.165) is 17.0 Å². The van der Waals surface area contributed by atoms with E-state index in [1.807, 2.05) is 0 Å². The van der Waals surface area contributed by atoms with E-state index in [-0.39, 0.29) is 70.2 Å². The summed E-state index contributed by atoms with van der Waals surface area (Å²) in [5.41, 5.74) is -1.35. The van der Waals surface area contributed by atoms with Gasteiger partial charge < -0.3 is 10.2 Å². The molecule has 1 N–H and O–H groups in total. The van der Waals surface area contributed by atoms with E-state index in [1.165, 1.54) is 6.08 Å². The van der Waals surface area contributed by atoms with Gasteiger partial charge in [-0.15, -0.1) is 0 Å². The standard InChI is InChI=1S/C22H21F5N4O3.2H2S/c1-11-7-31(8-13(11)16(32)6-12-4-14(23)18(25)15(24)5-12)20(34)19(33)29-21(9-22(26,27)10-21)17-2-3-28-30-17;;/h2,4-5,11,13H,3,6-10H2,1H3,(H,29,33);2*1H2/t11-,13-;;/m1../s1. The molecule has 1 aromatic carbocycles. The summed E-state index contributed by atoms with van der Waals surface area (Å²) < 4.78 is 67.3. The minimum absolute atomic E-state index is 0. The molecule has 0 bridgehead atoms. The van der Waals surface area contributed by atoms with E-state index in [9.17, 15) is 36.3 Å². The van der Waals surface area contributed by atoms with Gasteiger partial charge >= 0.3 is 11.8 Å². The van der Waals surface area contributed by atoms with Crippen LogP contribution in [0.15, 0.2) is 34.1 Å². The maximum absolute atomic E-state index is 13.6. The molecule has 36 heavy (non-hydrogen) atoms. The molecule has 3 aliphatic rings. The first kappa shape index (κ1) is 29.7. The van der Waals surface area contributed by atoms with Crippen LogP contribution in [0.5, 0.6) is 0 Å². The Morgan fingerprint density at radius 3 is 2.22 bits per heavy atom. The van der Waals surface area contributed by atoms with Gasteiger partial charge in [0, 0.05) is 38.3 Å². The molecule has 1 aliphatic carbocycles. The van der Waals surface area contributed by atoms with Crippen molar-refractivity contribution in [2.45, 2.75) is 37.6 Å². The fourth-order valence-corrected chi connectivity index (χ4v) is 4.75. The average molecular weight is 553 g/mol. The monoisotopic (exact) mass is 552 g/mol. The maximum atomic E-state index is 13.6. The Bertz CT molecular complexity index is 1100. The SMILES string of the molecule is C[C@@H]1CN(C(=O)C(=O)NC2(C3=CCN=N3)CC(F)(F)C2)C[C@H]1C(=O)Cc1cc(F)c(F)c(F)c1.S.S. The van der Waals surface area contributed by atoms with Crippen molar-refractivity contribution < 1.29 is 36.3 Å². The molecule has 1 saturated carbocycles. The lowest BCUT2D eigenvalue weighted by Crippen LogP contribution is -2.64. The van der Waals surface area contributed by atoms with E-state index < -0.39 is 65.3 Å².